The Morgan fingerprint density at radius 2 is 2.36 bits per heavy atom. The van der Waals surface area contributed by atoms with E-state index in [1.165, 1.54) is 5.56 Å². The Bertz CT molecular complexity index is 221. The molecule has 0 spiro atoms. The van der Waals surface area contributed by atoms with E-state index in [0.717, 1.165) is 18.8 Å². The van der Waals surface area contributed by atoms with Gasteiger partial charge in [-0.3, -0.25) is 4.98 Å². The first-order chi connectivity index (χ1) is 5.34. The Balaban J connectivity index is 2.62. The van der Waals surface area contributed by atoms with Crippen LogP contribution in [0.25, 0.3) is 0 Å². The predicted octanol–water partition coefficient (Wildman–Crippen LogP) is 1.50. The third kappa shape index (κ3) is 2.31. The smallest absolute Gasteiger partial charge is 0.0417 e. The molecule has 2 heteroatoms. The van der Waals surface area contributed by atoms with Crippen LogP contribution in [0.15, 0.2) is 18.3 Å². The van der Waals surface area contributed by atoms with E-state index in [4.69, 9.17) is 0 Å². The average Bonchev–Trinajstić information content (AvgIpc) is 2.03. The molecule has 0 saturated heterocycles. The number of nitrogens with zero attached hydrogens (tertiary/aromatic N) is 1. The van der Waals surface area contributed by atoms with Crippen LogP contribution in [0.3, 0.4) is 0 Å². The van der Waals surface area contributed by atoms with Crippen molar-refractivity contribution in [3.05, 3.63) is 29.6 Å². The molecule has 0 amide bonds. The van der Waals surface area contributed by atoms with E-state index in [1.807, 2.05) is 19.2 Å². The maximum absolute atomic E-state index is 4.19. The second-order valence-electron chi connectivity index (χ2n) is 2.53. The zero-order valence-corrected chi connectivity index (χ0v) is 7.09. The van der Waals surface area contributed by atoms with E-state index in [-0.39, 0.29) is 0 Å². The summed E-state index contributed by atoms with van der Waals surface area (Å²) >= 11 is 0. The molecule has 11 heavy (non-hydrogen) atoms. The maximum Gasteiger partial charge on any atom is 0.0417 e. The van der Waals surface area contributed by atoms with Crippen molar-refractivity contribution in [2.75, 3.05) is 6.54 Å². The number of aryl methyl sites for hydroxylation is 1. The lowest BCUT2D eigenvalue weighted by Gasteiger charge is -2.03. The highest BCUT2D eigenvalue weighted by molar-refractivity contribution is 5.17. The normalized spacial score (nSPS) is 10.0. The Labute approximate surface area is 67.7 Å². The van der Waals surface area contributed by atoms with Gasteiger partial charge in [-0.2, -0.15) is 0 Å². The third-order valence-electron chi connectivity index (χ3n) is 1.68. The fourth-order valence-corrected chi connectivity index (χ4v) is 0.964. The summed E-state index contributed by atoms with van der Waals surface area (Å²) in [6, 6.07) is 4.07. The van der Waals surface area contributed by atoms with Crippen LogP contribution in [0, 0.1) is 6.92 Å². The molecular weight excluding hydrogens is 136 g/mol. The van der Waals surface area contributed by atoms with Crippen molar-refractivity contribution >= 4 is 0 Å². The highest BCUT2D eigenvalue weighted by Gasteiger charge is 1.94. The lowest BCUT2D eigenvalue weighted by Crippen LogP contribution is -2.12. The first-order valence-corrected chi connectivity index (χ1v) is 3.95. The van der Waals surface area contributed by atoms with Gasteiger partial charge < -0.3 is 5.32 Å². The van der Waals surface area contributed by atoms with Gasteiger partial charge in [0.1, 0.15) is 0 Å². The van der Waals surface area contributed by atoms with E-state index < -0.39 is 0 Å². The van der Waals surface area contributed by atoms with Gasteiger partial charge in [-0.05, 0) is 25.1 Å². The van der Waals surface area contributed by atoms with Crippen molar-refractivity contribution in [1.82, 2.24) is 10.3 Å². The first-order valence-electron chi connectivity index (χ1n) is 3.95. The highest BCUT2D eigenvalue weighted by Crippen LogP contribution is 2.01. The Hall–Kier alpha value is -0.890. The van der Waals surface area contributed by atoms with Crippen LogP contribution < -0.4 is 5.32 Å². The van der Waals surface area contributed by atoms with Gasteiger partial charge in [0.15, 0.2) is 0 Å². The van der Waals surface area contributed by atoms with Gasteiger partial charge in [0, 0.05) is 18.4 Å². The van der Waals surface area contributed by atoms with Gasteiger partial charge in [0.25, 0.3) is 0 Å². The number of hydrogen-bond acceptors (Lipinski definition) is 2. The summed E-state index contributed by atoms with van der Waals surface area (Å²) in [7, 11) is 0. The summed E-state index contributed by atoms with van der Waals surface area (Å²) in [6.07, 6.45) is 1.82. The summed E-state index contributed by atoms with van der Waals surface area (Å²) in [5.74, 6) is 0. The lowest BCUT2D eigenvalue weighted by molar-refractivity contribution is 0.720. The molecule has 0 bridgehead atoms. The minimum atomic E-state index is 0.927. The van der Waals surface area contributed by atoms with Crippen molar-refractivity contribution in [3.63, 3.8) is 0 Å². The van der Waals surface area contributed by atoms with E-state index >= 15 is 0 Å². The Morgan fingerprint density at radius 3 is 3.00 bits per heavy atom. The summed E-state index contributed by atoms with van der Waals surface area (Å²) in [4.78, 5) is 4.19. The van der Waals surface area contributed by atoms with Crippen LogP contribution in [0.2, 0.25) is 0 Å². The standard InChI is InChI=1S/C9H14N2/c1-3-10-7-9-5-4-6-11-8(9)2/h4-6,10H,3,7H2,1-2H3. The van der Waals surface area contributed by atoms with Crippen LogP contribution in [-0.4, -0.2) is 11.5 Å². The Morgan fingerprint density at radius 1 is 1.55 bits per heavy atom. The molecule has 0 radical (unpaired) electrons. The average molecular weight is 150 g/mol. The zero-order chi connectivity index (χ0) is 8.10. The summed E-state index contributed by atoms with van der Waals surface area (Å²) < 4.78 is 0. The third-order valence-corrected chi connectivity index (χ3v) is 1.68. The van der Waals surface area contributed by atoms with Gasteiger partial charge in [-0.15, -0.1) is 0 Å². The van der Waals surface area contributed by atoms with Crippen molar-refractivity contribution in [2.45, 2.75) is 20.4 Å². The monoisotopic (exact) mass is 150 g/mol. The molecule has 1 heterocycles. The molecule has 1 N–H and O–H groups in total. The maximum atomic E-state index is 4.19. The van der Waals surface area contributed by atoms with Crippen LogP contribution >= 0.6 is 0 Å². The molecule has 1 rings (SSSR count). The topological polar surface area (TPSA) is 24.9 Å². The van der Waals surface area contributed by atoms with E-state index in [2.05, 4.69) is 23.3 Å². The molecule has 0 aromatic carbocycles. The number of rotatable bonds is 3. The SMILES string of the molecule is CCNCc1cccnc1C. The van der Waals surface area contributed by atoms with Crippen LogP contribution in [-0.2, 0) is 6.54 Å². The number of nitrogens with one attached hydrogen (secondary N) is 1. The molecule has 0 fully saturated rings. The van der Waals surface area contributed by atoms with E-state index in [1.54, 1.807) is 0 Å². The largest absolute Gasteiger partial charge is 0.313 e. The second-order valence-corrected chi connectivity index (χ2v) is 2.53. The van der Waals surface area contributed by atoms with Crippen LogP contribution in [0.1, 0.15) is 18.2 Å². The zero-order valence-electron chi connectivity index (χ0n) is 7.09. The Kier molecular flexibility index (Phi) is 3.05. The van der Waals surface area contributed by atoms with Gasteiger partial charge >= 0.3 is 0 Å². The van der Waals surface area contributed by atoms with Gasteiger partial charge in [-0.25, -0.2) is 0 Å². The molecule has 0 aliphatic heterocycles. The number of aromatic nitrogens is 1. The molecule has 0 atom stereocenters. The first kappa shape index (κ1) is 8.21. The van der Waals surface area contributed by atoms with Gasteiger partial charge in [-0.1, -0.05) is 13.0 Å². The van der Waals surface area contributed by atoms with Crippen molar-refractivity contribution < 1.29 is 0 Å². The molecule has 0 unspecified atom stereocenters. The molecule has 0 aliphatic carbocycles. The van der Waals surface area contributed by atoms with Gasteiger partial charge in [0.2, 0.25) is 0 Å². The van der Waals surface area contributed by atoms with E-state index in [0.29, 0.717) is 0 Å². The van der Waals surface area contributed by atoms with E-state index in [9.17, 15) is 0 Å². The molecule has 0 saturated carbocycles. The summed E-state index contributed by atoms with van der Waals surface area (Å²) in [5.41, 5.74) is 2.41. The van der Waals surface area contributed by atoms with Crippen molar-refractivity contribution in [1.29, 1.82) is 0 Å². The molecule has 2 nitrogen and oxygen atoms in total. The lowest BCUT2D eigenvalue weighted by atomic mass is 10.2. The fourth-order valence-electron chi connectivity index (χ4n) is 0.964. The summed E-state index contributed by atoms with van der Waals surface area (Å²) in [5, 5.41) is 3.27. The minimum Gasteiger partial charge on any atom is -0.313 e. The number of hydrogen-bond donors (Lipinski definition) is 1. The second kappa shape index (κ2) is 4.09. The number of pyridine rings is 1. The summed E-state index contributed by atoms with van der Waals surface area (Å²) in [6.45, 7) is 6.07. The molecular formula is C9H14N2. The van der Waals surface area contributed by atoms with Crippen LogP contribution in [0.5, 0.6) is 0 Å². The molecule has 1 aromatic heterocycles. The van der Waals surface area contributed by atoms with Crippen molar-refractivity contribution in [3.8, 4) is 0 Å². The van der Waals surface area contributed by atoms with Crippen LogP contribution in [0.4, 0.5) is 0 Å². The molecule has 60 valence electrons. The molecule has 0 aliphatic rings. The quantitative estimate of drug-likeness (QED) is 0.706. The molecule has 1 aromatic rings. The highest BCUT2D eigenvalue weighted by atomic mass is 14.8. The van der Waals surface area contributed by atoms with Gasteiger partial charge in [0.05, 0.1) is 0 Å². The minimum absolute atomic E-state index is 0.927. The predicted molar refractivity (Wildman–Crippen MR) is 46.4 cm³/mol. The van der Waals surface area contributed by atoms with Crippen molar-refractivity contribution in [2.24, 2.45) is 0 Å². The fraction of sp³-hybridized carbons (Fsp3) is 0.444.